The Bertz CT molecular complexity index is 844. The largest absolute Gasteiger partial charge is 0.478 e. The Kier molecular flexibility index (Phi) is 4.47. The number of hydrogen-bond acceptors (Lipinski definition) is 4. The monoisotopic (exact) mass is 322 g/mol. The van der Waals surface area contributed by atoms with Gasteiger partial charge in [0.1, 0.15) is 0 Å². The highest BCUT2D eigenvalue weighted by molar-refractivity contribution is 5.89. The van der Waals surface area contributed by atoms with E-state index in [1.54, 1.807) is 24.7 Å². The summed E-state index contributed by atoms with van der Waals surface area (Å²) < 4.78 is 2.00. The molecule has 0 unspecified atom stereocenters. The predicted molar refractivity (Wildman–Crippen MR) is 92.9 cm³/mol. The van der Waals surface area contributed by atoms with Crippen molar-refractivity contribution >= 4 is 17.3 Å². The number of rotatable bonds is 6. The average Bonchev–Trinajstić information content (AvgIpc) is 3.07. The normalized spacial score (nSPS) is 10.5. The number of nitrogens with two attached hydrogens (primary N) is 1. The number of nitrogens with zero attached hydrogens (tertiary/aromatic N) is 2. The van der Waals surface area contributed by atoms with Gasteiger partial charge in [-0.05, 0) is 35.4 Å². The Morgan fingerprint density at radius 1 is 1.25 bits per heavy atom. The second-order valence-corrected chi connectivity index (χ2v) is 5.51. The first kappa shape index (κ1) is 15.6. The molecule has 1 heterocycles. The van der Waals surface area contributed by atoms with E-state index in [2.05, 4.69) is 22.4 Å². The number of aromatic carboxylic acids is 1. The van der Waals surface area contributed by atoms with E-state index in [1.165, 1.54) is 6.07 Å². The van der Waals surface area contributed by atoms with Crippen LogP contribution in [0.3, 0.4) is 0 Å². The van der Waals surface area contributed by atoms with Crippen LogP contribution in [0.4, 0.5) is 11.4 Å². The van der Waals surface area contributed by atoms with Crippen molar-refractivity contribution in [1.82, 2.24) is 9.55 Å². The van der Waals surface area contributed by atoms with Gasteiger partial charge in [-0.1, -0.05) is 18.2 Å². The molecule has 1 aromatic heterocycles. The number of aromatic nitrogens is 2. The number of hydrogen-bond donors (Lipinski definition) is 3. The lowest BCUT2D eigenvalue weighted by Gasteiger charge is -2.11. The first-order valence-electron chi connectivity index (χ1n) is 7.52. The molecule has 0 saturated heterocycles. The number of carboxylic acid groups (broad SMARTS) is 1. The zero-order valence-electron chi connectivity index (χ0n) is 13.0. The fraction of sp³-hybridized carbons (Fsp3) is 0.111. The Hall–Kier alpha value is -3.28. The first-order chi connectivity index (χ1) is 11.6. The number of benzene rings is 2. The van der Waals surface area contributed by atoms with Gasteiger partial charge in [-0.15, -0.1) is 0 Å². The number of nitrogen functional groups attached to an aromatic ring is 1. The number of carbonyl (C=O) groups is 1. The third-order valence-corrected chi connectivity index (χ3v) is 3.73. The van der Waals surface area contributed by atoms with Crippen LogP contribution in [-0.2, 0) is 13.1 Å². The first-order valence-corrected chi connectivity index (χ1v) is 7.52. The van der Waals surface area contributed by atoms with Crippen LogP contribution in [0.1, 0.15) is 21.5 Å². The van der Waals surface area contributed by atoms with Gasteiger partial charge in [0, 0.05) is 36.9 Å². The van der Waals surface area contributed by atoms with E-state index >= 15 is 0 Å². The Morgan fingerprint density at radius 2 is 2.12 bits per heavy atom. The van der Waals surface area contributed by atoms with Crippen molar-refractivity contribution in [2.75, 3.05) is 11.1 Å². The van der Waals surface area contributed by atoms with Crippen molar-refractivity contribution in [1.29, 1.82) is 0 Å². The topological polar surface area (TPSA) is 93.2 Å². The maximum Gasteiger partial charge on any atom is 0.335 e. The van der Waals surface area contributed by atoms with Gasteiger partial charge < -0.3 is 20.7 Å². The van der Waals surface area contributed by atoms with E-state index in [0.717, 1.165) is 23.4 Å². The van der Waals surface area contributed by atoms with E-state index in [-0.39, 0.29) is 5.56 Å². The molecule has 0 atom stereocenters. The van der Waals surface area contributed by atoms with Crippen LogP contribution < -0.4 is 11.1 Å². The summed E-state index contributed by atoms with van der Waals surface area (Å²) in [5.41, 5.74) is 9.59. The molecule has 2 aromatic carbocycles. The maximum absolute atomic E-state index is 10.9. The van der Waals surface area contributed by atoms with Gasteiger partial charge in [-0.3, -0.25) is 0 Å². The number of imidazole rings is 1. The number of nitrogens with one attached hydrogen (secondary N) is 1. The lowest BCUT2D eigenvalue weighted by Crippen LogP contribution is -2.06. The highest BCUT2D eigenvalue weighted by atomic mass is 16.4. The molecular formula is C18H18N4O2. The van der Waals surface area contributed by atoms with Crippen LogP contribution in [0.2, 0.25) is 0 Å². The molecule has 0 amide bonds. The van der Waals surface area contributed by atoms with Crippen LogP contribution in [0.25, 0.3) is 0 Å². The molecule has 0 bridgehead atoms. The standard InChI is InChI=1S/C18H18N4O2/c19-17-9-14(18(23)24)4-5-15(17)10-21-16-3-1-2-13(8-16)11-22-7-6-20-12-22/h1-9,12,21H,10-11,19H2,(H,23,24). The molecule has 122 valence electrons. The van der Waals surface area contributed by atoms with E-state index in [0.29, 0.717) is 12.2 Å². The van der Waals surface area contributed by atoms with Gasteiger partial charge in [0.05, 0.1) is 11.9 Å². The SMILES string of the molecule is Nc1cc(C(=O)O)ccc1CNc1cccc(Cn2ccnc2)c1. The fourth-order valence-electron chi connectivity index (χ4n) is 2.46. The van der Waals surface area contributed by atoms with Gasteiger partial charge in [-0.2, -0.15) is 0 Å². The minimum absolute atomic E-state index is 0.193. The molecule has 0 aliphatic heterocycles. The summed E-state index contributed by atoms with van der Waals surface area (Å²) in [4.78, 5) is 15.0. The molecule has 6 nitrogen and oxygen atoms in total. The van der Waals surface area contributed by atoms with Crippen molar-refractivity contribution < 1.29 is 9.90 Å². The third kappa shape index (κ3) is 3.73. The zero-order chi connectivity index (χ0) is 16.9. The minimum atomic E-state index is -0.978. The van der Waals surface area contributed by atoms with E-state index < -0.39 is 5.97 Å². The molecule has 0 aliphatic rings. The second kappa shape index (κ2) is 6.87. The van der Waals surface area contributed by atoms with Crippen LogP contribution in [-0.4, -0.2) is 20.6 Å². The van der Waals surface area contributed by atoms with Crippen LogP contribution in [0.5, 0.6) is 0 Å². The van der Waals surface area contributed by atoms with Crippen LogP contribution in [0.15, 0.2) is 61.2 Å². The van der Waals surface area contributed by atoms with E-state index in [9.17, 15) is 4.79 Å². The average molecular weight is 322 g/mol. The third-order valence-electron chi connectivity index (χ3n) is 3.73. The van der Waals surface area contributed by atoms with Crippen LogP contribution in [0, 0.1) is 0 Å². The summed E-state index contributed by atoms with van der Waals surface area (Å²) in [5, 5.41) is 12.3. The quantitative estimate of drug-likeness (QED) is 0.607. The minimum Gasteiger partial charge on any atom is -0.478 e. The Morgan fingerprint density at radius 3 is 2.83 bits per heavy atom. The molecule has 4 N–H and O–H groups in total. The van der Waals surface area contributed by atoms with E-state index in [4.69, 9.17) is 10.8 Å². The van der Waals surface area contributed by atoms with Crippen molar-refractivity contribution in [3.8, 4) is 0 Å². The van der Waals surface area contributed by atoms with Crippen LogP contribution >= 0.6 is 0 Å². The fourth-order valence-corrected chi connectivity index (χ4v) is 2.46. The molecule has 24 heavy (non-hydrogen) atoms. The van der Waals surface area contributed by atoms with Gasteiger partial charge in [0.2, 0.25) is 0 Å². The van der Waals surface area contributed by atoms with Gasteiger partial charge >= 0.3 is 5.97 Å². The lowest BCUT2D eigenvalue weighted by atomic mass is 10.1. The summed E-state index contributed by atoms with van der Waals surface area (Å²) in [6.45, 7) is 1.28. The number of anilines is 2. The maximum atomic E-state index is 10.9. The lowest BCUT2D eigenvalue weighted by molar-refractivity contribution is 0.0697. The summed E-state index contributed by atoms with van der Waals surface area (Å²) in [5.74, 6) is -0.978. The smallest absolute Gasteiger partial charge is 0.335 e. The molecule has 3 rings (SSSR count). The van der Waals surface area contributed by atoms with Crippen molar-refractivity contribution in [2.45, 2.75) is 13.1 Å². The molecule has 0 saturated carbocycles. The van der Waals surface area contributed by atoms with Crippen molar-refractivity contribution in [3.63, 3.8) is 0 Å². The number of carboxylic acids is 1. The highest BCUT2D eigenvalue weighted by Crippen LogP contribution is 2.18. The highest BCUT2D eigenvalue weighted by Gasteiger charge is 2.06. The molecule has 0 radical (unpaired) electrons. The Balaban J connectivity index is 1.67. The Labute approximate surface area is 139 Å². The summed E-state index contributed by atoms with van der Waals surface area (Å²) >= 11 is 0. The predicted octanol–water partition coefficient (Wildman–Crippen LogP) is 2.82. The summed E-state index contributed by atoms with van der Waals surface area (Å²) in [6.07, 6.45) is 5.46. The summed E-state index contributed by atoms with van der Waals surface area (Å²) in [7, 11) is 0. The summed E-state index contributed by atoms with van der Waals surface area (Å²) in [6, 6.07) is 12.9. The molecule has 0 aliphatic carbocycles. The van der Waals surface area contributed by atoms with Crippen molar-refractivity contribution in [2.24, 2.45) is 0 Å². The van der Waals surface area contributed by atoms with Gasteiger partial charge in [0.15, 0.2) is 0 Å². The molecular weight excluding hydrogens is 304 g/mol. The van der Waals surface area contributed by atoms with Gasteiger partial charge in [0.25, 0.3) is 0 Å². The molecule has 3 aromatic rings. The molecule has 0 spiro atoms. The van der Waals surface area contributed by atoms with Gasteiger partial charge in [-0.25, -0.2) is 9.78 Å². The zero-order valence-corrected chi connectivity index (χ0v) is 13.0. The molecule has 6 heteroatoms. The van der Waals surface area contributed by atoms with Crippen molar-refractivity contribution in [3.05, 3.63) is 77.9 Å². The second-order valence-electron chi connectivity index (χ2n) is 5.51. The molecule has 0 fully saturated rings. The van der Waals surface area contributed by atoms with E-state index in [1.807, 2.05) is 22.9 Å².